The summed E-state index contributed by atoms with van der Waals surface area (Å²) in [6.45, 7) is 0.960. The van der Waals surface area contributed by atoms with Crippen LogP contribution >= 0.6 is 0 Å². The number of sulfonamides is 1. The van der Waals surface area contributed by atoms with Crippen LogP contribution in [0.25, 0.3) is 0 Å². The lowest BCUT2D eigenvalue weighted by molar-refractivity contribution is -0.139. The molecule has 1 saturated carbocycles. The van der Waals surface area contributed by atoms with Crippen LogP contribution in [0.2, 0.25) is 0 Å². The molecule has 2 saturated heterocycles. The average Bonchev–Trinajstić information content (AvgIpc) is 2.47. The lowest BCUT2D eigenvalue weighted by atomic mass is 10.0. The molecule has 0 aromatic carbocycles. The van der Waals surface area contributed by atoms with Crippen LogP contribution in [0.4, 0.5) is 0 Å². The van der Waals surface area contributed by atoms with Crippen molar-refractivity contribution in [2.24, 2.45) is 0 Å². The van der Waals surface area contributed by atoms with E-state index in [9.17, 15) is 13.2 Å². The van der Waals surface area contributed by atoms with Gasteiger partial charge in [0, 0.05) is 13.1 Å². The first kappa shape index (κ1) is 14.3. The zero-order chi connectivity index (χ0) is 14.2. The van der Waals surface area contributed by atoms with E-state index in [0.717, 1.165) is 32.1 Å². The largest absolute Gasteiger partial charge is 0.366 e. The fourth-order valence-electron chi connectivity index (χ4n) is 3.47. The molecule has 0 spiro atoms. The number of hydrogen-bond donors (Lipinski definition) is 1. The molecule has 1 amide bonds. The maximum Gasteiger partial charge on any atom is 0.246 e. The molecule has 2 heterocycles. The average molecular weight is 302 g/mol. The molecule has 6 nitrogen and oxygen atoms in total. The Morgan fingerprint density at radius 2 is 1.90 bits per heavy atom. The van der Waals surface area contributed by atoms with Crippen molar-refractivity contribution in [1.29, 1.82) is 0 Å². The van der Waals surface area contributed by atoms with Crippen molar-refractivity contribution in [2.75, 3.05) is 19.7 Å². The van der Waals surface area contributed by atoms with Crippen molar-refractivity contribution in [3.8, 4) is 0 Å². The molecular weight excluding hydrogens is 280 g/mol. The molecule has 7 heteroatoms. The molecule has 0 aromatic rings. The van der Waals surface area contributed by atoms with Crippen molar-refractivity contribution in [3.05, 3.63) is 0 Å². The molecule has 3 fully saturated rings. The minimum absolute atomic E-state index is 0.0366. The van der Waals surface area contributed by atoms with Gasteiger partial charge in [0.1, 0.15) is 6.61 Å². The molecule has 114 valence electrons. The number of nitrogens with one attached hydrogen (secondary N) is 1. The number of rotatable bonds is 2. The summed E-state index contributed by atoms with van der Waals surface area (Å²) in [5, 5.41) is 2.62. The summed E-state index contributed by atoms with van der Waals surface area (Å²) >= 11 is 0. The third-order valence-corrected chi connectivity index (χ3v) is 6.99. The molecule has 0 radical (unpaired) electrons. The summed E-state index contributed by atoms with van der Waals surface area (Å²) in [6, 6.07) is -0.191. The minimum Gasteiger partial charge on any atom is -0.366 e. The number of amides is 1. The third-order valence-electron chi connectivity index (χ3n) is 4.62. The van der Waals surface area contributed by atoms with Gasteiger partial charge in [-0.3, -0.25) is 4.79 Å². The van der Waals surface area contributed by atoms with Gasteiger partial charge in [-0.1, -0.05) is 19.3 Å². The third kappa shape index (κ3) is 2.71. The number of piperidine rings is 1. The minimum atomic E-state index is -3.23. The number of hydrogen-bond acceptors (Lipinski definition) is 4. The van der Waals surface area contributed by atoms with Crippen LogP contribution in [-0.4, -0.2) is 55.7 Å². The van der Waals surface area contributed by atoms with Gasteiger partial charge in [0.25, 0.3) is 0 Å². The Morgan fingerprint density at radius 1 is 1.15 bits per heavy atom. The summed E-state index contributed by atoms with van der Waals surface area (Å²) in [5.74, 6) is -0.150. The zero-order valence-corrected chi connectivity index (χ0v) is 12.4. The normalized spacial score (nSPS) is 33.5. The molecule has 2 aliphatic heterocycles. The highest BCUT2D eigenvalue weighted by Crippen LogP contribution is 2.28. The lowest BCUT2D eigenvalue weighted by Gasteiger charge is -2.41. The topological polar surface area (TPSA) is 75.7 Å². The Balaban J connectivity index is 1.69. The first-order valence-corrected chi connectivity index (χ1v) is 8.97. The van der Waals surface area contributed by atoms with Crippen molar-refractivity contribution in [2.45, 2.75) is 55.9 Å². The van der Waals surface area contributed by atoms with Crippen molar-refractivity contribution in [1.82, 2.24) is 9.62 Å². The molecule has 1 N–H and O–H groups in total. The van der Waals surface area contributed by atoms with E-state index in [1.807, 2.05) is 0 Å². The smallest absolute Gasteiger partial charge is 0.246 e. The van der Waals surface area contributed by atoms with Crippen molar-refractivity contribution < 1.29 is 17.9 Å². The molecule has 20 heavy (non-hydrogen) atoms. The summed E-state index contributed by atoms with van der Waals surface area (Å²) in [5.41, 5.74) is 0. The van der Waals surface area contributed by atoms with Crippen LogP contribution in [0.5, 0.6) is 0 Å². The number of ether oxygens (including phenoxy) is 1. The van der Waals surface area contributed by atoms with Crippen LogP contribution in [0.1, 0.15) is 38.5 Å². The van der Waals surface area contributed by atoms with Gasteiger partial charge in [0.05, 0.1) is 17.4 Å². The molecule has 2 atom stereocenters. The van der Waals surface area contributed by atoms with Crippen LogP contribution in [0.15, 0.2) is 0 Å². The molecule has 3 rings (SSSR count). The van der Waals surface area contributed by atoms with Gasteiger partial charge in [-0.15, -0.1) is 0 Å². The predicted octanol–water partition coefficient (Wildman–Crippen LogP) is 0.238. The second-order valence-corrected chi connectivity index (χ2v) is 8.19. The maximum atomic E-state index is 12.7. The van der Waals surface area contributed by atoms with E-state index in [1.165, 1.54) is 0 Å². The van der Waals surface area contributed by atoms with E-state index in [1.54, 1.807) is 4.31 Å². The highest BCUT2D eigenvalue weighted by molar-refractivity contribution is 7.89. The second kappa shape index (κ2) is 5.61. The van der Waals surface area contributed by atoms with Crippen molar-refractivity contribution in [3.63, 3.8) is 0 Å². The van der Waals surface area contributed by atoms with Crippen LogP contribution in [0, 0.1) is 0 Å². The van der Waals surface area contributed by atoms with E-state index >= 15 is 0 Å². The van der Waals surface area contributed by atoms with E-state index in [2.05, 4.69) is 5.32 Å². The Labute approximate surface area is 119 Å². The molecule has 1 aliphatic carbocycles. The first-order valence-electron chi connectivity index (χ1n) is 7.47. The number of carbonyl (C=O) groups excluding carboxylic acids is 1. The van der Waals surface area contributed by atoms with Gasteiger partial charge in [0.2, 0.25) is 15.9 Å². The number of nitrogens with zero attached hydrogens (tertiary/aromatic N) is 1. The van der Waals surface area contributed by atoms with E-state index in [-0.39, 0.29) is 29.9 Å². The molecule has 3 aliphatic rings. The van der Waals surface area contributed by atoms with Gasteiger partial charge < -0.3 is 10.1 Å². The Bertz CT molecular complexity index is 473. The lowest BCUT2D eigenvalue weighted by Crippen LogP contribution is -2.61. The van der Waals surface area contributed by atoms with Crippen LogP contribution in [0.3, 0.4) is 0 Å². The molecule has 0 unspecified atom stereocenters. The standard InChI is InChI=1S/C13H22N2O4S/c16-13-9-19-12-6-7-15(8-11(12)14-13)20(17,18)10-4-2-1-3-5-10/h10-12H,1-9H2,(H,14,16)/t11-,12-/m1/s1. The predicted molar refractivity (Wildman–Crippen MR) is 73.7 cm³/mol. The van der Waals surface area contributed by atoms with Gasteiger partial charge >= 0.3 is 0 Å². The quantitative estimate of drug-likeness (QED) is 0.793. The SMILES string of the molecule is O=C1CO[C@@H]2CCN(S(=O)(=O)C3CCCCC3)C[C@H]2N1. The van der Waals surface area contributed by atoms with Crippen molar-refractivity contribution >= 4 is 15.9 Å². The van der Waals surface area contributed by atoms with Gasteiger partial charge in [-0.25, -0.2) is 8.42 Å². The number of morpholine rings is 1. The van der Waals surface area contributed by atoms with E-state index < -0.39 is 10.0 Å². The van der Waals surface area contributed by atoms with Gasteiger partial charge in [-0.2, -0.15) is 4.31 Å². The Hall–Kier alpha value is -0.660. The number of carbonyl (C=O) groups is 1. The summed E-state index contributed by atoms with van der Waals surface area (Å²) in [4.78, 5) is 11.4. The van der Waals surface area contributed by atoms with Crippen LogP contribution < -0.4 is 5.32 Å². The van der Waals surface area contributed by atoms with Crippen LogP contribution in [-0.2, 0) is 19.6 Å². The highest BCUT2D eigenvalue weighted by Gasteiger charge is 2.41. The highest BCUT2D eigenvalue weighted by atomic mass is 32.2. The Kier molecular flexibility index (Phi) is 4.01. The maximum absolute atomic E-state index is 12.7. The summed E-state index contributed by atoms with van der Waals surface area (Å²) in [6.07, 6.45) is 5.32. The van der Waals surface area contributed by atoms with Gasteiger partial charge in [-0.05, 0) is 19.3 Å². The fraction of sp³-hybridized carbons (Fsp3) is 0.923. The first-order chi connectivity index (χ1) is 9.57. The van der Waals surface area contributed by atoms with E-state index in [0.29, 0.717) is 19.5 Å². The monoisotopic (exact) mass is 302 g/mol. The molecular formula is C13H22N2O4S. The summed E-state index contributed by atoms with van der Waals surface area (Å²) < 4.78 is 32.4. The van der Waals surface area contributed by atoms with Gasteiger partial charge in [0.15, 0.2) is 0 Å². The number of fused-ring (bicyclic) bond motifs is 1. The zero-order valence-electron chi connectivity index (χ0n) is 11.6. The molecule has 0 aromatic heterocycles. The second-order valence-electron chi connectivity index (χ2n) is 5.98. The Morgan fingerprint density at radius 3 is 2.65 bits per heavy atom. The van der Waals surface area contributed by atoms with E-state index in [4.69, 9.17) is 4.74 Å². The summed E-state index contributed by atoms with van der Waals surface area (Å²) in [7, 11) is -3.23. The molecule has 0 bridgehead atoms. The fourth-order valence-corrected chi connectivity index (χ4v) is 5.55.